The molecular weight excluding hydrogens is 400 g/mol. The fourth-order valence-electron chi connectivity index (χ4n) is 4.13. The number of nitrogens with zero attached hydrogens (tertiary/aromatic N) is 2. The molecule has 3 aromatic rings. The van der Waals surface area contributed by atoms with Crippen LogP contribution in [0, 0.1) is 17.6 Å². The second-order valence-corrected chi connectivity index (χ2v) is 7.64. The number of anilines is 1. The van der Waals surface area contributed by atoms with Crippen LogP contribution in [-0.4, -0.2) is 36.0 Å². The number of pyridine rings is 1. The van der Waals surface area contributed by atoms with Gasteiger partial charge in [-0.25, -0.2) is 8.78 Å². The van der Waals surface area contributed by atoms with Crippen molar-refractivity contribution in [1.82, 2.24) is 9.88 Å². The number of carbonyl (C=O) groups excluding carboxylic acids is 1. The summed E-state index contributed by atoms with van der Waals surface area (Å²) in [5.41, 5.74) is 2.24. The molecule has 0 saturated carbocycles. The maximum Gasteiger partial charge on any atom is 0.229 e. The summed E-state index contributed by atoms with van der Waals surface area (Å²) in [6.45, 7) is 1.95. The molecule has 1 aromatic heterocycles. The lowest BCUT2D eigenvalue weighted by Crippen LogP contribution is -2.29. The smallest absolute Gasteiger partial charge is 0.229 e. The Kier molecular flexibility index (Phi) is 6.23. The lowest BCUT2D eigenvalue weighted by atomic mass is 9.89. The number of halogens is 2. The molecule has 1 aliphatic heterocycles. The number of amides is 1. The summed E-state index contributed by atoms with van der Waals surface area (Å²) in [6, 6.07) is 16.0. The molecule has 5 nitrogen and oxygen atoms in total. The minimum Gasteiger partial charge on any atom is -0.491 e. The molecule has 2 aromatic carbocycles. The topological polar surface area (TPSA) is 54.5 Å². The number of hydrogen-bond donors (Lipinski definition) is 1. The van der Waals surface area contributed by atoms with Crippen molar-refractivity contribution in [2.24, 2.45) is 5.92 Å². The Morgan fingerprint density at radius 3 is 2.42 bits per heavy atom. The maximum atomic E-state index is 14.1. The van der Waals surface area contributed by atoms with E-state index >= 15 is 0 Å². The van der Waals surface area contributed by atoms with Gasteiger partial charge in [-0.3, -0.25) is 14.7 Å². The number of carbonyl (C=O) groups is 1. The molecule has 4 rings (SSSR count). The van der Waals surface area contributed by atoms with E-state index in [-0.39, 0.29) is 23.4 Å². The van der Waals surface area contributed by atoms with Gasteiger partial charge < -0.3 is 10.1 Å². The van der Waals surface area contributed by atoms with Crippen LogP contribution >= 0.6 is 0 Å². The highest BCUT2D eigenvalue weighted by Gasteiger charge is 2.38. The average Bonchev–Trinajstić information content (AvgIpc) is 3.19. The summed E-state index contributed by atoms with van der Waals surface area (Å²) in [7, 11) is 1.19. The molecule has 0 unspecified atom stereocenters. The number of hydrogen-bond acceptors (Lipinski definition) is 4. The third-order valence-electron chi connectivity index (χ3n) is 5.59. The Labute approximate surface area is 179 Å². The molecule has 0 spiro atoms. The Hall–Kier alpha value is -3.32. The molecule has 1 N–H and O–H groups in total. The molecule has 1 fully saturated rings. The van der Waals surface area contributed by atoms with Crippen LogP contribution in [-0.2, 0) is 11.3 Å². The monoisotopic (exact) mass is 423 g/mol. The summed E-state index contributed by atoms with van der Waals surface area (Å²) in [5, 5.41) is 2.68. The first-order chi connectivity index (χ1) is 15.0. The lowest BCUT2D eigenvalue weighted by Gasteiger charge is -2.18. The third kappa shape index (κ3) is 4.72. The summed E-state index contributed by atoms with van der Waals surface area (Å²) in [5.74, 6) is -2.90. The van der Waals surface area contributed by atoms with Crippen LogP contribution in [0.25, 0.3) is 0 Å². The zero-order chi connectivity index (χ0) is 21.8. The van der Waals surface area contributed by atoms with Gasteiger partial charge in [0, 0.05) is 55.8 Å². The Balaban J connectivity index is 1.55. The third-order valence-corrected chi connectivity index (χ3v) is 5.59. The molecule has 0 aliphatic carbocycles. The summed E-state index contributed by atoms with van der Waals surface area (Å²) >= 11 is 0. The van der Waals surface area contributed by atoms with Gasteiger partial charge in [0.05, 0.1) is 13.0 Å². The van der Waals surface area contributed by atoms with E-state index in [1.165, 1.54) is 7.11 Å². The zero-order valence-corrected chi connectivity index (χ0v) is 17.1. The predicted octanol–water partition coefficient (Wildman–Crippen LogP) is 4.22. The summed E-state index contributed by atoms with van der Waals surface area (Å²) < 4.78 is 32.8. The SMILES string of the molecule is COc1c(F)cc(NC(=O)[C@@H]2CN(Cc3ccccc3)C[C@H]2c2ccncc2)cc1F. The van der Waals surface area contributed by atoms with Crippen LogP contribution in [0.5, 0.6) is 5.75 Å². The fraction of sp³-hybridized carbons (Fsp3) is 0.250. The van der Waals surface area contributed by atoms with E-state index in [4.69, 9.17) is 4.74 Å². The van der Waals surface area contributed by atoms with Gasteiger partial charge in [0.15, 0.2) is 17.4 Å². The van der Waals surface area contributed by atoms with Gasteiger partial charge in [-0.1, -0.05) is 30.3 Å². The van der Waals surface area contributed by atoms with Crippen LogP contribution in [0.3, 0.4) is 0 Å². The van der Waals surface area contributed by atoms with Gasteiger partial charge in [-0.05, 0) is 23.3 Å². The maximum absolute atomic E-state index is 14.1. The second kappa shape index (κ2) is 9.22. The van der Waals surface area contributed by atoms with Gasteiger partial charge in [-0.15, -0.1) is 0 Å². The molecule has 1 aliphatic rings. The van der Waals surface area contributed by atoms with E-state index < -0.39 is 17.4 Å². The van der Waals surface area contributed by atoms with E-state index in [0.717, 1.165) is 29.8 Å². The molecule has 1 amide bonds. The predicted molar refractivity (Wildman–Crippen MR) is 114 cm³/mol. The molecule has 0 radical (unpaired) electrons. The van der Waals surface area contributed by atoms with E-state index in [9.17, 15) is 13.6 Å². The van der Waals surface area contributed by atoms with Crippen LogP contribution in [0.2, 0.25) is 0 Å². The quantitative estimate of drug-likeness (QED) is 0.645. The van der Waals surface area contributed by atoms with Gasteiger partial charge in [0.25, 0.3) is 0 Å². The highest BCUT2D eigenvalue weighted by Crippen LogP contribution is 2.34. The number of methoxy groups -OCH3 is 1. The minimum absolute atomic E-state index is 0.0559. The van der Waals surface area contributed by atoms with Gasteiger partial charge in [0.2, 0.25) is 5.91 Å². The largest absolute Gasteiger partial charge is 0.491 e. The Bertz CT molecular complexity index is 1020. The summed E-state index contributed by atoms with van der Waals surface area (Å²) in [6.07, 6.45) is 3.41. The van der Waals surface area contributed by atoms with E-state index in [1.807, 2.05) is 30.3 Å². The van der Waals surface area contributed by atoms with Crippen molar-refractivity contribution in [3.05, 3.63) is 89.8 Å². The lowest BCUT2D eigenvalue weighted by molar-refractivity contribution is -0.119. The van der Waals surface area contributed by atoms with Crippen molar-refractivity contribution in [1.29, 1.82) is 0 Å². The number of ether oxygens (including phenoxy) is 1. The molecule has 1 saturated heterocycles. The molecule has 2 atom stereocenters. The zero-order valence-electron chi connectivity index (χ0n) is 17.1. The molecule has 2 heterocycles. The fourth-order valence-corrected chi connectivity index (χ4v) is 4.13. The van der Waals surface area contributed by atoms with Crippen molar-refractivity contribution in [3.63, 3.8) is 0 Å². The average molecular weight is 423 g/mol. The molecule has 160 valence electrons. The number of nitrogens with one attached hydrogen (secondary N) is 1. The van der Waals surface area contributed by atoms with E-state index in [1.54, 1.807) is 12.4 Å². The number of benzene rings is 2. The number of aromatic nitrogens is 1. The van der Waals surface area contributed by atoms with Crippen molar-refractivity contribution >= 4 is 11.6 Å². The number of rotatable bonds is 6. The van der Waals surface area contributed by atoms with Crippen LogP contribution in [0.4, 0.5) is 14.5 Å². The van der Waals surface area contributed by atoms with Crippen LogP contribution in [0.1, 0.15) is 17.0 Å². The first-order valence-electron chi connectivity index (χ1n) is 10.0. The van der Waals surface area contributed by atoms with Crippen LogP contribution in [0.15, 0.2) is 67.0 Å². The highest BCUT2D eigenvalue weighted by atomic mass is 19.1. The standard InChI is InChI=1S/C24H23F2N3O2/c1-31-23-21(25)11-18(12-22(23)26)28-24(30)20-15-29(13-16-5-3-2-4-6-16)14-19(20)17-7-9-27-10-8-17/h2-12,19-20H,13-15H2,1H3,(H,28,30)/t19-,20+/m0/s1. The van der Waals surface area contributed by atoms with E-state index in [0.29, 0.717) is 13.1 Å². The van der Waals surface area contributed by atoms with Gasteiger partial charge >= 0.3 is 0 Å². The Morgan fingerprint density at radius 1 is 1.10 bits per heavy atom. The van der Waals surface area contributed by atoms with Crippen molar-refractivity contribution in [3.8, 4) is 5.75 Å². The van der Waals surface area contributed by atoms with Crippen molar-refractivity contribution in [2.45, 2.75) is 12.5 Å². The summed E-state index contributed by atoms with van der Waals surface area (Å²) in [4.78, 5) is 19.4. The Morgan fingerprint density at radius 2 is 1.77 bits per heavy atom. The minimum atomic E-state index is -0.861. The highest BCUT2D eigenvalue weighted by molar-refractivity contribution is 5.93. The first-order valence-corrected chi connectivity index (χ1v) is 10.0. The van der Waals surface area contributed by atoms with Gasteiger partial charge in [-0.2, -0.15) is 0 Å². The van der Waals surface area contributed by atoms with Gasteiger partial charge in [0.1, 0.15) is 0 Å². The second-order valence-electron chi connectivity index (χ2n) is 7.64. The van der Waals surface area contributed by atoms with Crippen LogP contribution < -0.4 is 10.1 Å². The molecule has 0 bridgehead atoms. The molecule has 7 heteroatoms. The van der Waals surface area contributed by atoms with Crippen molar-refractivity contribution in [2.75, 3.05) is 25.5 Å². The number of likely N-dealkylation sites (tertiary alicyclic amines) is 1. The normalized spacial score (nSPS) is 18.7. The first kappa shape index (κ1) is 20.9. The molecular formula is C24H23F2N3O2. The van der Waals surface area contributed by atoms with Crippen molar-refractivity contribution < 1.29 is 18.3 Å². The van der Waals surface area contributed by atoms with E-state index in [2.05, 4.69) is 27.3 Å². The molecule has 31 heavy (non-hydrogen) atoms.